The van der Waals surface area contributed by atoms with Crippen LogP contribution in [0.25, 0.3) is 0 Å². The number of nitrogens with one attached hydrogen (secondary N) is 1. The molecule has 1 nitrogen and oxygen atoms in total. The smallest absolute Gasteiger partial charge is 0.126 e. The van der Waals surface area contributed by atoms with Crippen LogP contribution >= 0.6 is 11.6 Å². The number of halogens is 3. The molecule has 0 heterocycles. The highest BCUT2D eigenvalue weighted by molar-refractivity contribution is 6.30. The van der Waals surface area contributed by atoms with Crippen molar-refractivity contribution in [1.29, 1.82) is 0 Å². The molecule has 21 heavy (non-hydrogen) atoms. The van der Waals surface area contributed by atoms with Gasteiger partial charge in [0.15, 0.2) is 0 Å². The van der Waals surface area contributed by atoms with Crippen molar-refractivity contribution in [2.24, 2.45) is 0 Å². The zero-order chi connectivity index (χ0) is 15.4. The first-order chi connectivity index (χ1) is 9.99. The summed E-state index contributed by atoms with van der Waals surface area (Å²) in [5.74, 6) is -1.12. The van der Waals surface area contributed by atoms with E-state index in [0.29, 0.717) is 10.6 Å². The van der Waals surface area contributed by atoms with Crippen LogP contribution in [-0.2, 0) is 0 Å². The monoisotopic (exact) mass is 309 g/mol. The van der Waals surface area contributed by atoms with Crippen molar-refractivity contribution in [2.45, 2.75) is 32.4 Å². The second kappa shape index (κ2) is 7.01. The third-order valence-electron chi connectivity index (χ3n) is 3.50. The molecule has 4 heteroatoms. The lowest BCUT2D eigenvalue weighted by molar-refractivity contribution is 0.452. The fourth-order valence-electron chi connectivity index (χ4n) is 2.40. The molecule has 0 amide bonds. The van der Waals surface area contributed by atoms with Crippen LogP contribution in [0.4, 0.5) is 8.78 Å². The van der Waals surface area contributed by atoms with E-state index in [0.717, 1.165) is 18.1 Å². The van der Waals surface area contributed by atoms with E-state index < -0.39 is 11.6 Å². The molecule has 2 unspecified atom stereocenters. The maximum absolute atomic E-state index is 13.3. The van der Waals surface area contributed by atoms with Crippen molar-refractivity contribution in [1.82, 2.24) is 5.32 Å². The molecule has 0 spiro atoms. The van der Waals surface area contributed by atoms with E-state index in [2.05, 4.69) is 12.2 Å². The Bertz CT molecular complexity index is 595. The highest BCUT2D eigenvalue weighted by Crippen LogP contribution is 2.25. The van der Waals surface area contributed by atoms with Gasteiger partial charge in [-0.1, -0.05) is 30.7 Å². The SMILES string of the molecule is CCC(NC(C)c1cc(F)cc(F)c1)c1cccc(Cl)c1. The molecule has 2 rings (SSSR count). The van der Waals surface area contributed by atoms with Crippen LogP contribution in [0.1, 0.15) is 43.5 Å². The lowest BCUT2D eigenvalue weighted by Crippen LogP contribution is -2.24. The van der Waals surface area contributed by atoms with Gasteiger partial charge in [-0.15, -0.1) is 0 Å². The Labute approximate surface area is 128 Å². The van der Waals surface area contributed by atoms with Crippen molar-refractivity contribution < 1.29 is 8.78 Å². The van der Waals surface area contributed by atoms with Crippen LogP contribution in [0, 0.1) is 11.6 Å². The first-order valence-corrected chi connectivity index (χ1v) is 7.35. The average molecular weight is 310 g/mol. The standard InChI is InChI=1S/C17H18ClF2N/c1-3-17(12-5-4-6-14(18)7-12)21-11(2)13-8-15(19)10-16(20)9-13/h4-11,17,21H,3H2,1-2H3. The largest absolute Gasteiger partial charge is 0.303 e. The van der Waals surface area contributed by atoms with E-state index in [1.807, 2.05) is 31.2 Å². The Morgan fingerprint density at radius 1 is 1.05 bits per heavy atom. The molecule has 2 aromatic rings. The minimum absolute atomic E-state index is 0.0741. The van der Waals surface area contributed by atoms with Crippen LogP contribution < -0.4 is 5.32 Å². The molecule has 0 aromatic heterocycles. The highest BCUT2D eigenvalue weighted by atomic mass is 35.5. The lowest BCUT2D eigenvalue weighted by Gasteiger charge is -2.23. The van der Waals surface area contributed by atoms with Crippen LogP contribution in [0.15, 0.2) is 42.5 Å². The first-order valence-electron chi connectivity index (χ1n) is 6.97. The first kappa shape index (κ1) is 15.9. The van der Waals surface area contributed by atoms with Gasteiger partial charge in [0.2, 0.25) is 0 Å². The van der Waals surface area contributed by atoms with Gasteiger partial charge in [-0.25, -0.2) is 8.78 Å². The molecule has 2 atom stereocenters. The van der Waals surface area contributed by atoms with Crippen LogP contribution in [-0.4, -0.2) is 0 Å². The second-order valence-electron chi connectivity index (χ2n) is 5.11. The van der Waals surface area contributed by atoms with Crippen LogP contribution in [0.3, 0.4) is 0 Å². The summed E-state index contributed by atoms with van der Waals surface area (Å²) in [5, 5.41) is 4.07. The van der Waals surface area contributed by atoms with Crippen LogP contribution in [0.5, 0.6) is 0 Å². The number of benzene rings is 2. The molecule has 1 N–H and O–H groups in total. The molecule has 0 aliphatic carbocycles. The van der Waals surface area contributed by atoms with Gasteiger partial charge >= 0.3 is 0 Å². The molecule has 0 fully saturated rings. The number of rotatable bonds is 5. The predicted octanol–water partition coefficient (Wildman–Crippen LogP) is 5.42. The van der Waals surface area contributed by atoms with Gasteiger partial charge in [0.1, 0.15) is 11.6 Å². The summed E-state index contributed by atoms with van der Waals surface area (Å²) in [5.41, 5.74) is 1.65. The molecule has 0 aliphatic rings. The van der Waals surface area contributed by atoms with Gasteiger partial charge < -0.3 is 5.32 Å². The maximum atomic E-state index is 13.3. The van der Waals surface area contributed by atoms with Gasteiger partial charge in [-0.3, -0.25) is 0 Å². The Morgan fingerprint density at radius 2 is 1.71 bits per heavy atom. The molecule has 0 radical (unpaired) electrons. The van der Waals surface area contributed by atoms with E-state index in [9.17, 15) is 8.78 Å². The third kappa shape index (κ3) is 4.26. The van der Waals surface area contributed by atoms with Crippen molar-refractivity contribution in [3.8, 4) is 0 Å². The highest BCUT2D eigenvalue weighted by Gasteiger charge is 2.15. The Balaban J connectivity index is 2.18. The Morgan fingerprint density at radius 3 is 2.29 bits per heavy atom. The molecule has 0 saturated heterocycles. The lowest BCUT2D eigenvalue weighted by atomic mass is 10.0. The van der Waals surface area contributed by atoms with Crippen molar-refractivity contribution >= 4 is 11.6 Å². The zero-order valence-corrected chi connectivity index (χ0v) is 12.8. The van der Waals surface area contributed by atoms with Gasteiger partial charge in [0.25, 0.3) is 0 Å². The average Bonchev–Trinajstić information content (AvgIpc) is 2.43. The molecule has 0 bridgehead atoms. The summed E-state index contributed by atoms with van der Waals surface area (Å²) in [7, 11) is 0. The van der Waals surface area contributed by atoms with E-state index in [-0.39, 0.29) is 12.1 Å². The molecule has 112 valence electrons. The predicted molar refractivity (Wildman–Crippen MR) is 82.4 cm³/mol. The second-order valence-corrected chi connectivity index (χ2v) is 5.54. The number of hydrogen-bond donors (Lipinski definition) is 1. The van der Waals surface area contributed by atoms with Gasteiger partial charge in [-0.05, 0) is 48.7 Å². The summed E-state index contributed by atoms with van der Waals surface area (Å²) >= 11 is 6.01. The van der Waals surface area contributed by atoms with Crippen molar-refractivity contribution in [3.05, 3.63) is 70.2 Å². The summed E-state index contributed by atoms with van der Waals surface area (Å²) < 4.78 is 26.6. The van der Waals surface area contributed by atoms with Gasteiger partial charge in [-0.2, -0.15) is 0 Å². The summed E-state index contributed by atoms with van der Waals surface area (Å²) in [6.45, 7) is 3.94. The molecule has 0 saturated carbocycles. The maximum Gasteiger partial charge on any atom is 0.126 e. The molecular formula is C17H18ClF2N. The van der Waals surface area contributed by atoms with Gasteiger partial charge in [0.05, 0.1) is 0 Å². The fraction of sp³-hybridized carbons (Fsp3) is 0.294. The van der Waals surface area contributed by atoms with E-state index in [1.165, 1.54) is 12.1 Å². The quantitative estimate of drug-likeness (QED) is 0.777. The molecular weight excluding hydrogens is 292 g/mol. The topological polar surface area (TPSA) is 12.0 Å². The van der Waals surface area contributed by atoms with E-state index >= 15 is 0 Å². The summed E-state index contributed by atoms with van der Waals surface area (Å²) in [4.78, 5) is 0. The third-order valence-corrected chi connectivity index (χ3v) is 3.73. The normalized spacial score (nSPS) is 14.0. The minimum Gasteiger partial charge on any atom is -0.303 e. The van der Waals surface area contributed by atoms with Gasteiger partial charge in [0, 0.05) is 23.2 Å². The summed E-state index contributed by atoms with van der Waals surface area (Å²) in [6.07, 6.45) is 0.850. The number of hydrogen-bond acceptors (Lipinski definition) is 1. The van der Waals surface area contributed by atoms with E-state index in [4.69, 9.17) is 11.6 Å². The zero-order valence-electron chi connectivity index (χ0n) is 12.0. The van der Waals surface area contributed by atoms with E-state index in [1.54, 1.807) is 0 Å². The Kier molecular flexibility index (Phi) is 5.32. The molecule has 2 aromatic carbocycles. The fourth-order valence-corrected chi connectivity index (χ4v) is 2.60. The summed E-state index contributed by atoms with van der Waals surface area (Å²) in [6, 6.07) is 11.1. The minimum atomic E-state index is -0.561. The van der Waals surface area contributed by atoms with Crippen molar-refractivity contribution in [3.63, 3.8) is 0 Å². The van der Waals surface area contributed by atoms with Crippen molar-refractivity contribution in [2.75, 3.05) is 0 Å². The molecule has 0 aliphatic heterocycles. The Hall–Kier alpha value is -1.45. The van der Waals surface area contributed by atoms with Crippen LogP contribution in [0.2, 0.25) is 5.02 Å².